The molecule has 42 valence electrons. The molecule has 7 heavy (non-hydrogen) atoms. The molecule has 0 heterocycles. The van der Waals surface area contributed by atoms with Gasteiger partial charge < -0.3 is 37.2 Å². The van der Waals surface area contributed by atoms with Gasteiger partial charge in [-0.1, -0.05) is 0 Å². The van der Waals surface area contributed by atoms with Crippen molar-refractivity contribution >= 4 is 16.5 Å². The fourth-order valence-electron chi connectivity index (χ4n) is 0. The summed E-state index contributed by atoms with van der Waals surface area (Å²) in [6.45, 7) is 3.48. The molecule has 0 aromatic heterocycles. The van der Waals surface area contributed by atoms with E-state index in [-0.39, 0.29) is 37.2 Å². The standard InChI is InChI=1S/C3H5Ge.3ClH/c1-2-3-4;;;/h2H,1,3H2;3*1H/q+3;;;/p-3. The van der Waals surface area contributed by atoms with Crippen molar-refractivity contribution in [1.29, 1.82) is 0 Å². The van der Waals surface area contributed by atoms with E-state index in [0.717, 1.165) is 5.25 Å². The van der Waals surface area contributed by atoms with Crippen molar-refractivity contribution in [3.05, 3.63) is 12.7 Å². The van der Waals surface area contributed by atoms with E-state index in [0.29, 0.717) is 0 Å². The van der Waals surface area contributed by atoms with Crippen molar-refractivity contribution in [2.45, 2.75) is 5.25 Å². The third-order valence-corrected chi connectivity index (χ3v) is 0.750. The third kappa shape index (κ3) is 41.0. The molecule has 0 aromatic carbocycles. The second-order valence-electron chi connectivity index (χ2n) is 0.493. The molecule has 0 aliphatic rings. The van der Waals surface area contributed by atoms with Crippen LogP contribution in [0.25, 0.3) is 0 Å². The minimum absolute atomic E-state index is 0. The quantitative estimate of drug-likeness (QED) is 0.304. The number of halogens is 3. The summed E-state index contributed by atoms with van der Waals surface area (Å²) in [7, 11) is 0. The van der Waals surface area contributed by atoms with Crippen LogP contribution >= 0.6 is 0 Å². The van der Waals surface area contributed by atoms with Crippen LogP contribution in [0.5, 0.6) is 0 Å². The normalized spacial score (nSPS) is 3.71. The molecule has 0 unspecified atom stereocenters. The Morgan fingerprint density at radius 1 is 1.29 bits per heavy atom. The Hall–Kier alpha value is 1.15. The molecule has 0 aliphatic carbocycles. The van der Waals surface area contributed by atoms with Gasteiger partial charge in [0.05, 0.1) is 0 Å². The zero-order valence-corrected chi connectivity index (χ0v) is 7.99. The van der Waals surface area contributed by atoms with Crippen LogP contribution in [0.2, 0.25) is 5.25 Å². The maximum atomic E-state index is 3.48. The van der Waals surface area contributed by atoms with Gasteiger partial charge in [-0.2, -0.15) is 0 Å². The summed E-state index contributed by atoms with van der Waals surface area (Å²) in [5, 5.41) is 1.08. The summed E-state index contributed by atoms with van der Waals surface area (Å²) in [4.78, 5) is 0. The Balaban J connectivity index is -0.0000000150. The van der Waals surface area contributed by atoms with Crippen LogP contribution < -0.4 is 37.2 Å². The van der Waals surface area contributed by atoms with Gasteiger partial charge in [0.25, 0.3) is 0 Å². The van der Waals surface area contributed by atoms with E-state index in [4.69, 9.17) is 0 Å². The molecule has 0 radical (unpaired) electrons. The Morgan fingerprint density at radius 2 is 1.43 bits per heavy atom. The first-order valence-electron chi connectivity index (χ1n) is 1.17. The van der Waals surface area contributed by atoms with Crippen LogP contribution in [0.4, 0.5) is 0 Å². The first-order valence-corrected chi connectivity index (χ1v) is 2.65. The second kappa shape index (κ2) is 27.2. The number of hydrogen-bond donors (Lipinski definition) is 0. The summed E-state index contributed by atoms with van der Waals surface area (Å²) < 4.78 is 0. The van der Waals surface area contributed by atoms with Crippen molar-refractivity contribution < 1.29 is 37.2 Å². The van der Waals surface area contributed by atoms with E-state index in [2.05, 4.69) is 23.1 Å². The fourth-order valence-corrected chi connectivity index (χ4v) is 0. The molecular formula is C3H5Cl3Ge. The minimum atomic E-state index is 0. The summed E-state index contributed by atoms with van der Waals surface area (Å²) in [5.74, 6) is 0. The molecule has 0 fully saturated rings. The zero-order chi connectivity index (χ0) is 3.41. The SMILES string of the molecule is C=C[CH2][Ge+3].[Cl-].[Cl-].[Cl-]. The van der Waals surface area contributed by atoms with Gasteiger partial charge in [-0.25, -0.2) is 0 Å². The van der Waals surface area contributed by atoms with Gasteiger partial charge in [0.2, 0.25) is 0 Å². The molecular weight excluding hydrogens is 215 g/mol. The Labute approximate surface area is 71.6 Å². The number of rotatable bonds is 1. The van der Waals surface area contributed by atoms with Crippen LogP contribution in [0.1, 0.15) is 0 Å². The maximum absolute atomic E-state index is 3.48. The molecule has 0 bridgehead atoms. The summed E-state index contributed by atoms with van der Waals surface area (Å²) >= 11 is 2.06. The van der Waals surface area contributed by atoms with Crippen LogP contribution in [-0.4, -0.2) is 16.5 Å². The maximum Gasteiger partial charge on any atom is -1.00 e. The molecule has 0 saturated heterocycles. The van der Waals surface area contributed by atoms with Crippen LogP contribution in [0, 0.1) is 0 Å². The largest absolute Gasteiger partial charge is 1.00 e. The smallest absolute Gasteiger partial charge is 1.00 e. The predicted molar refractivity (Wildman–Crippen MR) is 20.8 cm³/mol. The average molecular weight is 220 g/mol. The van der Waals surface area contributed by atoms with Crippen LogP contribution in [-0.2, 0) is 0 Å². The molecule has 0 amide bonds. The third-order valence-electron chi connectivity index (χ3n) is 0.144. The van der Waals surface area contributed by atoms with Crippen molar-refractivity contribution in [2.24, 2.45) is 0 Å². The summed E-state index contributed by atoms with van der Waals surface area (Å²) in [6.07, 6.45) is 1.88. The van der Waals surface area contributed by atoms with E-state index >= 15 is 0 Å². The fraction of sp³-hybridized carbons (Fsp3) is 0.333. The number of hydrogen-bond acceptors (Lipinski definition) is 0. The first kappa shape index (κ1) is 24.2. The molecule has 0 N–H and O–H groups in total. The summed E-state index contributed by atoms with van der Waals surface area (Å²) in [5.41, 5.74) is 0. The molecule has 4 heteroatoms. The minimum Gasteiger partial charge on any atom is -1.00 e. The van der Waals surface area contributed by atoms with Gasteiger partial charge in [-0.3, -0.25) is 0 Å². The molecule has 0 atom stereocenters. The van der Waals surface area contributed by atoms with Gasteiger partial charge >= 0.3 is 34.4 Å². The van der Waals surface area contributed by atoms with E-state index in [1.165, 1.54) is 0 Å². The Morgan fingerprint density at radius 3 is 1.43 bits per heavy atom. The van der Waals surface area contributed by atoms with Crippen LogP contribution in [0.15, 0.2) is 12.7 Å². The van der Waals surface area contributed by atoms with Crippen molar-refractivity contribution in [3.8, 4) is 0 Å². The summed E-state index contributed by atoms with van der Waals surface area (Å²) in [6, 6.07) is 0. The number of allylic oxidation sites excluding steroid dienone is 1. The van der Waals surface area contributed by atoms with Gasteiger partial charge in [0, 0.05) is 0 Å². The molecule has 0 nitrogen and oxygen atoms in total. The molecule has 0 aromatic rings. The molecule has 0 aliphatic heterocycles. The predicted octanol–water partition coefficient (Wildman–Crippen LogP) is -8.23. The van der Waals surface area contributed by atoms with Gasteiger partial charge in [-0.05, 0) is 0 Å². The van der Waals surface area contributed by atoms with E-state index in [1.54, 1.807) is 0 Å². The van der Waals surface area contributed by atoms with Gasteiger partial charge in [-0.15, -0.1) is 0 Å². The molecule has 0 saturated carbocycles. The second-order valence-corrected chi connectivity index (χ2v) is 1.35. The molecule has 0 rings (SSSR count). The Bertz CT molecular complexity index is 24.1. The average Bonchev–Trinajstić information content (AvgIpc) is 1.37. The zero-order valence-electron chi connectivity index (χ0n) is 3.63. The van der Waals surface area contributed by atoms with E-state index in [9.17, 15) is 0 Å². The monoisotopic (exact) mass is 220 g/mol. The van der Waals surface area contributed by atoms with E-state index < -0.39 is 0 Å². The van der Waals surface area contributed by atoms with Gasteiger partial charge in [0.1, 0.15) is 0 Å². The Kier molecular flexibility index (Phi) is 94.1. The molecule has 0 spiro atoms. The van der Waals surface area contributed by atoms with Crippen LogP contribution in [0.3, 0.4) is 0 Å². The van der Waals surface area contributed by atoms with Crippen molar-refractivity contribution in [3.63, 3.8) is 0 Å². The first-order chi connectivity index (χ1) is 1.91. The van der Waals surface area contributed by atoms with Gasteiger partial charge in [0.15, 0.2) is 0 Å². The van der Waals surface area contributed by atoms with E-state index in [1.807, 2.05) is 6.08 Å². The topological polar surface area (TPSA) is 0 Å². The van der Waals surface area contributed by atoms with Crippen molar-refractivity contribution in [2.75, 3.05) is 0 Å². The van der Waals surface area contributed by atoms with Crippen molar-refractivity contribution in [1.82, 2.24) is 0 Å².